The highest BCUT2D eigenvalue weighted by Gasteiger charge is 2.24. The Kier molecular flexibility index (Phi) is 4.01. The number of tetrazole rings is 1. The van der Waals surface area contributed by atoms with Crippen LogP contribution in [-0.4, -0.2) is 31.2 Å². The normalized spacial score (nSPS) is 11.9. The molecule has 1 atom stereocenters. The first-order chi connectivity index (χ1) is 11.1. The largest absolute Gasteiger partial charge is 0.506 e. The Balaban J connectivity index is 1.94. The lowest BCUT2D eigenvalue weighted by Crippen LogP contribution is -2.27. The van der Waals surface area contributed by atoms with Gasteiger partial charge in [0, 0.05) is 0 Å². The zero-order valence-corrected chi connectivity index (χ0v) is 12.4. The third kappa shape index (κ3) is 3.18. The molecule has 0 saturated carbocycles. The number of rotatable bonds is 4. The molecule has 0 saturated heterocycles. The Bertz CT molecular complexity index is 803. The Morgan fingerprint density at radius 3 is 2.70 bits per heavy atom. The molecular weight excluding hydrogens is 294 g/mol. The van der Waals surface area contributed by atoms with Gasteiger partial charge in [0.2, 0.25) is 0 Å². The number of nitrogens with zero attached hydrogens (tertiary/aromatic N) is 4. The van der Waals surface area contributed by atoms with Gasteiger partial charge in [0.25, 0.3) is 5.91 Å². The van der Waals surface area contributed by atoms with Crippen LogP contribution in [0.3, 0.4) is 0 Å². The van der Waals surface area contributed by atoms with Crippen LogP contribution >= 0.6 is 0 Å². The molecule has 1 amide bonds. The molecule has 0 spiro atoms. The van der Waals surface area contributed by atoms with Crippen LogP contribution in [0.4, 0.5) is 5.69 Å². The average Bonchev–Trinajstić information content (AvgIpc) is 3.06. The first kappa shape index (κ1) is 14.7. The van der Waals surface area contributed by atoms with Crippen LogP contribution in [0, 0.1) is 6.92 Å². The van der Waals surface area contributed by atoms with Crippen LogP contribution in [0.25, 0.3) is 0 Å². The number of benzene rings is 2. The number of nitrogens with one attached hydrogen (secondary N) is 1. The number of anilines is 1. The molecule has 1 aromatic heterocycles. The first-order valence-electron chi connectivity index (χ1n) is 7.03. The molecule has 0 aliphatic carbocycles. The van der Waals surface area contributed by atoms with E-state index in [1.165, 1.54) is 11.0 Å². The predicted octanol–water partition coefficient (Wildman–Crippen LogP) is 1.92. The molecule has 23 heavy (non-hydrogen) atoms. The second kappa shape index (κ2) is 6.27. The van der Waals surface area contributed by atoms with Gasteiger partial charge in [-0.2, -0.15) is 0 Å². The molecule has 0 radical (unpaired) electrons. The number of aromatic hydroxyl groups is 1. The molecule has 116 valence electrons. The van der Waals surface area contributed by atoms with Crippen LogP contribution in [0.2, 0.25) is 0 Å². The molecule has 3 aromatic rings. The number of carbonyl (C=O) groups excluding carboxylic acids is 1. The standard InChI is InChI=1S/C16H15N5O2/c1-11-7-8-14(22)13(9-11)18-16(23)15(21-10-17-19-20-21)12-5-3-2-4-6-12/h2-10,15,22H,1H3,(H,18,23)/t15-/m1/s1. The monoisotopic (exact) mass is 309 g/mol. The minimum Gasteiger partial charge on any atom is -0.506 e. The Morgan fingerprint density at radius 1 is 1.22 bits per heavy atom. The van der Waals surface area contributed by atoms with Gasteiger partial charge in [0.05, 0.1) is 5.69 Å². The lowest BCUT2D eigenvalue weighted by atomic mass is 10.1. The molecule has 7 heteroatoms. The molecule has 0 aliphatic heterocycles. The van der Waals surface area contributed by atoms with Crippen LogP contribution in [-0.2, 0) is 4.79 Å². The molecule has 7 nitrogen and oxygen atoms in total. The highest BCUT2D eigenvalue weighted by molar-refractivity contribution is 5.96. The summed E-state index contributed by atoms with van der Waals surface area (Å²) in [6.07, 6.45) is 1.38. The smallest absolute Gasteiger partial charge is 0.254 e. The molecule has 1 heterocycles. The van der Waals surface area contributed by atoms with Crippen molar-refractivity contribution in [1.29, 1.82) is 0 Å². The van der Waals surface area contributed by atoms with Crippen molar-refractivity contribution in [3.8, 4) is 5.75 Å². The van der Waals surface area contributed by atoms with Crippen LogP contribution in [0.5, 0.6) is 5.75 Å². The molecular formula is C16H15N5O2. The summed E-state index contributed by atoms with van der Waals surface area (Å²) in [5.74, 6) is -0.336. The fraction of sp³-hybridized carbons (Fsp3) is 0.125. The van der Waals surface area contributed by atoms with E-state index >= 15 is 0 Å². The predicted molar refractivity (Wildman–Crippen MR) is 83.9 cm³/mol. The first-order valence-corrected chi connectivity index (χ1v) is 7.03. The lowest BCUT2D eigenvalue weighted by Gasteiger charge is -2.17. The molecule has 2 N–H and O–H groups in total. The molecule has 0 bridgehead atoms. The second-order valence-corrected chi connectivity index (χ2v) is 5.11. The molecule has 0 aliphatic rings. The van der Waals surface area contributed by atoms with Crippen molar-refractivity contribution in [3.63, 3.8) is 0 Å². The number of hydrogen-bond acceptors (Lipinski definition) is 5. The highest BCUT2D eigenvalue weighted by atomic mass is 16.3. The van der Waals surface area contributed by atoms with Crippen molar-refractivity contribution in [2.75, 3.05) is 5.32 Å². The van der Waals surface area contributed by atoms with Gasteiger partial charge in [0.15, 0.2) is 6.04 Å². The van der Waals surface area contributed by atoms with Gasteiger partial charge in [0.1, 0.15) is 12.1 Å². The number of aryl methyl sites for hydroxylation is 1. The van der Waals surface area contributed by atoms with E-state index in [0.29, 0.717) is 5.69 Å². The maximum Gasteiger partial charge on any atom is 0.254 e. The van der Waals surface area contributed by atoms with Gasteiger partial charge in [-0.25, -0.2) is 4.68 Å². The summed E-state index contributed by atoms with van der Waals surface area (Å²) < 4.78 is 1.37. The number of hydrogen-bond donors (Lipinski definition) is 2. The van der Waals surface area contributed by atoms with E-state index in [1.807, 2.05) is 37.3 Å². The second-order valence-electron chi connectivity index (χ2n) is 5.11. The van der Waals surface area contributed by atoms with Gasteiger partial charge >= 0.3 is 0 Å². The van der Waals surface area contributed by atoms with E-state index < -0.39 is 6.04 Å². The van der Waals surface area contributed by atoms with E-state index in [1.54, 1.807) is 18.2 Å². The van der Waals surface area contributed by atoms with Crippen LogP contribution in [0.1, 0.15) is 17.2 Å². The quantitative estimate of drug-likeness (QED) is 0.718. The van der Waals surface area contributed by atoms with Gasteiger partial charge < -0.3 is 10.4 Å². The van der Waals surface area contributed by atoms with E-state index in [4.69, 9.17) is 0 Å². The summed E-state index contributed by atoms with van der Waals surface area (Å²) in [4.78, 5) is 12.7. The van der Waals surface area contributed by atoms with E-state index in [9.17, 15) is 9.90 Å². The molecule has 3 rings (SSSR count). The minimum atomic E-state index is -0.730. The lowest BCUT2D eigenvalue weighted by molar-refractivity contribution is -0.118. The van der Waals surface area contributed by atoms with Crippen molar-refractivity contribution in [2.45, 2.75) is 13.0 Å². The summed E-state index contributed by atoms with van der Waals surface area (Å²) in [6, 6.07) is 13.5. The summed E-state index contributed by atoms with van der Waals surface area (Å²) >= 11 is 0. The van der Waals surface area contributed by atoms with E-state index in [-0.39, 0.29) is 11.7 Å². The molecule has 2 aromatic carbocycles. The van der Waals surface area contributed by atoms with Gasteiger partial charge in [-0.05, 0) is 40.6 Å². The summed E-state index contributed by atoms with van der Waals surface area (Å²) in [7, 11) is 0. The third-order valence-corrected chi connectivity index (χ3v) is 3.40. The third-order valence-electron chi connectivity index (χ3n) is 3.40. The van der Waals surface area contributed by atoms with Crippen molar-refractivity contribution in [1.82, 2.24) is 20.2 Å². The van der Waals surface area contributed by atoms with Crippen molar-refractivity contribution >= 4 is 11.6 Å². The number of phenolic OH excluding ortho intramolecular Hbond substituents is 1. The maximum atomic E-state index is 12.7. The SMILES string of the molecule is Cc1ccc(O)c(NC(=O)[C@@H](c2ccccc2)n2cnnn2)c1. The fourth-order valence-electron chi connectivity index (χ4n) is 2.30. The van der Waals surface area contributed by atoms with Crippen molar-refractivity contribution < 1.29 is 9.90 Å². The maximum absolute atomic E-state index is 12.7. The van der Waals surface area contributed by atoms with Gasteiger partial charge in [-0.3, -0.25) is 4.79 Å². The fourth-order valence-corrected chi connectivity index (χ4v) is 2.30. The van der Waals surface area contributed by atoms with E-state index in [2.05, 4.69) is 20.8 Å². The molecule has 0 unspecified atom stereocenters. The zero-order chi connectivity index (χ0) is 16.2. The summed E-state index contributed by atoms with van der Waals surface area (Å²) in [5.41, 5.74) is 2.02. The number of amides is 1. The Morgan fingerprint density at radius 2 is 2.00 bits per heavy atom. The zero-order valence-electron chi connectivity index (χ0n) is 12.4. The minimum absolute atomic E-state index is 0.00692. The number of carbonyl (C=O) groups is 1. The van der Waals surface area contributed by atoms with Crippen molar-refractivity contribution in [2.24, 2.45) is 0 Å². The summed E-state index contributed by atoms with van der Waals surface area (Å²) in [5, 5.41) is 23.7. The van der Waals surface area contributed by atoms with Gasteiger partial charge in [-0.15, -0.1) is 5.10 Å². The number of aromatic nitrogens is 4. The van der Waals surface area contributed by atoms with E-state index in [0.717, 1.165) is 11.1 Å². The molecule has 0 fully saturated rings. The average molecular weight is 309 g/mol. The Labute approximate surface area is 132 Å². The Hall–Kier alpha value is -3.22. The summed E-state index contributed by atoms with van der Waals surface area (Å²) in [6.45, 7) is 1.88. The van der Waals surface area contributed by atoms with Crippen molar-refractivity contribution in [3.05, 3.63) is 66.0 Å². The van der Waals surface area contributed by atoms with Gasteiger partial charge in [-0.1, -0.05) is 36.4 Å². The topological polar surface area (TPSA) is 92.9 Å². The van der Waals surface area contributed by atoms with Crippen LogP contribution < -0.4 is 5.32 Å². The highest BCUT2D eigenvalue weighted by Crippen LogP contribution is 2.26. The number of phenols is 1. The van der Waals surface area contributed by atoms with Crippen LogP contribution in [0.15, 0.2) is 54.9 Å².